The van der Waals surface area contributed by atoms with Crippen molar-refractivity contribution in [1.29, 1.82) is 10.8 Å². The first kappa shape index (κ1) is 27.1. The van der Waals surface area contributed by atoms with E-state index in [1.54, 1.807) is 36.4 Å². The highest BCUT2D eigenvalue weighted by molar-refractivity contribution is 6.32. The number of ether oxygens (including phenoxy) is 2. The van der Waals surface area contributed by atoms with Crippen LogP contribution in [-0.4, -0.2) is 24.9 Å². The predicted molar refractivity (Wildman–Crippen MR) is 124 cm³/mol. The van der Waals surface area contributed by atoms with Crippen LogP contribution in [0.2, 0.25) is 10.0 Å². The number of hydrogen-bond donors (Lipinski definition) is 4. The van der Waals surface area contributed by atoms with E-state index in [0.29, 0.717) is 45.9 Å². The summed E-state index contributed by atoms with van der Waals surface area (Å²) in [5, 5.41) is 15.6. The topological polar surface area (TPSA) is 118 Å². The Hall–Kier alpha value is -1.86. The van der Waals surface area contributed by atoms with Crippen LogP contribution in [0, 0.1) is 10.8 Å². The molecule has 0 aliphatic carbocycles. The smallest absolute Gasteiger partial charge is 0.137 e. The lowest BCUT2D eigenvalue weighted by molar-refractivity contribution is 0.279. The Labute approximate surface area is 192 Å². The maximum atomic E-state index is 7.38. The van der Waals surface area contributed by atoms with Crippen LogP contribution < -0.4 is 20.9 Å². The lowest BCUT2D eigenvalue weighted by Crippen LogP contribution is -2.11. The first-order valence-electron chi connectivity index (χ1n) is 8.42. The highest BCUT2D eigenvalue weighted by atomic mass is 35.5. The minimum atomic E-state index is -0.0283. The minimum Gasteiger partial charge on any atom is -0.492 e. The van der Waals surface area contributed by atoms with E-state index in [0.717, 1.165) is 19.3 Å². The number of nitrogens with one attached hydrogen (secondary N) is 2. The molecule has 0 atom stereocenters. The third kappa shape index (κ3) is 8.58. The SMILES string of the molecule is Cl.Cl.N=C(N)c1ccc(OCCCCCOc2ccc(C(=N)N)cc2Cl)c(Cl)c1. The predicted octanol–water partition coefficient (Wildman–Crippen LogP) is 5.03. The maximum Gasteiger partial charge on any atom is 0.137 e. The molecule has 0 fully saturated rings. The Balaban J connectivity index is 0.00000392. The molecule has 0 unspecified atom stereocenters. The number of unbranched alkanes of at least 4 members (excludes halogenated alkanes) is 2. The van der Waals surface area contributed by atoms with Gasteiger partial charge in [-0.15, -0.1) is 24.8 Å². The fraction of sp³-hybridized carbons (Fsp3) is 0.263. The van der Waals surface area contributed by atoms with Crippen LogP contribution in [0.4, 0.5) is 0 Å². The normalized spacial score (nSPS) is 9.72. The standard InChI is InChI=1S/C19H22Cl2N4O2.2ClH/c20-14-10-12(18(22)23)4-6-16(14)26-8-2-1-3-9-27-17-7-5-13(19(24)25)11-15(17)21;;/h4-7,10-11H,1-3,8-9H2,(H3,22,23)(H3,24,25);2*1H. The quantitative estimate of drug-likeness (QED) is 0.216. The second-order valence-corrected chi connectivity index (χ2v) is 6.69. The molecule has 10 heteroatoms. The molecule has 0 bridgehead atoms. The summed E-state index contributed by atoms with van der Waals surface area (Å²) in [7, 11) is 0. The van der Waals surface area contributed by atoms with E-state index >= 15 is 0 Å². The number of halogens is 4. The third-order valence-corrected chi connectivity index (χ3v) is 4.38. The van der Waals surface area contributed by atoms with Crippen LogP contribution in [0.25, 0.3) is 0 Å². The average Bonchev–Trinajstić information content (AvgIpc) is 2.62. The molecular weight excluding hydrogens is 458 g/mol. The molecule has 0 saturated carbocycles. The van der Waals surface area contributed by atoms with Crippen molar-refractivity contribution in [2.24, 2.45) is 11.5 Å². The molecule has 160 valence electrons. The molecule has 0 spiro atoms. The monoisotopic (exact) mass is 480 g/mol. The first-order valence-corrected chi connectivity index (χ1v) is 9.17. The van der Waals surface area contributed by atoms with Crippen LogP contribution in [0.1, 0.15) is 30.4 Å². The summed E-state index contributed by atoms with van der Waals surface area (Å²) in [5.41, 5.74) is 12.0. The number of benzene rings is 2. The molecule has 2 aromatic carbocycles. The molecule has 0 amide bonds. The molecule has 0 radical (unpaired) electrons. The van der Waals surface area contributed by atoms with Gasteiger partial charge in [0, 0.05) is 11.1 Å². The van der Waals surface area contributed by atoms with Crippen molar-refractivity contribution in [1.82, 2.24) is 0 Å². The molecule has 6 nitrogen and oxygen atoms in total. The molecule has 2 aromatic rings. The van der Waals surface area contributed by atoms with E-state index in [1.807, 2.05) is 0 Å². The van der Waals surface area contributed by atoms with E-state index in [4.69, 9.17) is 55.0 Å². The van der Waals surface area contributed by atoms with Crippen molar-refractivity contribution in [2.45, 2.75) is 19.3 Å². The van der Waals surface area contributed by atoms with Crippen LogP contribution in [0.3, 0.4) is 0 Å². The Kier molecular flexibility index (Phi) is 12.5. The molecule has 0 saturated heterocycles. The van der Waals surface area contributed by atoms with Gasteiger partial charge < -0.3 is 20.9 Å². The lowest BCUT2D eigenvalue weighted by atomic mass is 10.2. The van der Waals surface area contributed by atoms with E-state index < -0.39 is 0 Å². The van der Waals surface area contributed by atoms with E-state index in [2.05, 4.69) is 0 Å². The van der Waals surface area contributed by atoms with Crippen molar-refractivity contribution >= 4 is 59.7 Å². The number of nitrogen functional groups attached to an aromatic ring is 2. The second kappa shape index (κ2) is 13.4. The Morgan fingerprint density at radius 3 is 1.41 bits per heavy atom. The highest BCUT2D eigenvalue weighted by Crippen LogP contribution is 2.26. The summed E-state index contributed by atoms with van der Waals surface area (Å²) in [6.45, 7) is 1.07. The number of nitrogens with two attached hydrogens (primary N) is 2. The van der Waals surface area contributed by atoms with Crippen molar-refractivity contribution in [3.8, 4) is 11.5 Å². The zero-order chi connectivity index (χ0) is 19.8. The van der Waals surface area contributed by atoms with Crippen LogP contribution >= 0.6 is 48.0 Å². The molecule has 0 aliphatic rings. The summed E-state index contributed by atoms with van der Waals surface area (Å²) in [4.78, 5) is 0. The first-order chi connectivity index (χ1) is 12.9. The van der Waals surface area contributed by atoms with E-state index in [9.17, 15) is 0 Å². The van der Waals surface area contributed by atoms with Gasteiger partial charge in [-0.3, -0.25) is 10.8 Å². The molecule has 0 aliphatic heterocycles. The van der Waals surface area contributed by atoms with E-state index in [-0.39, 0.29) is 36.5 Å². The van der Waals surface area contributed by atoms with Gasteiger partial charge in [-0.1, -0.05) is 23.2 Å². The van der Waals surface area contributed by atoms with Crippen molar-refractivity contribution in [2.75, 3.05) is 13.2 Å². The fourth-order valence-electron chi connectivity index (χ4n) is 2.32. The molecular formula is C19H24Cl4N4O2. The van der Waals surface area contributed by atoms with Gasteiger partial charge in [0.05, 0.1) is 23.3 Å². The van der Waals surface area contributed by atoms with Crippen LogP contribution in [0.15, 0.2) is 36.4 Å². The summed E-state index contributed by atoms with van der Waals surface area (Å²) in [6.07, 6.45) is 2.63. The number of hydrogen-bond acceptors (Lipinski definition) is 4. The second-order valence-electron chi connectivity index (χ2n) is 5.88. The maximum absolute atomic E-state index is 7.38. The summed E-state index contributed by atoms with van der Waals surface area (Å²) < 4.78 is 11.3. The van der Waals surface area contributed by atoms with E-state index in [1.165, 1.54) is 0 Å². The zero-order valence-corrected chi connectivity index (χ0v) is 18.7. The number of amidine groups is 2. The van der Waals surface area contributed by atoms with Gasteiger partial charge in [0.2, 0.25) is 0 Å². The summed E-state index contributed by atoms with van der Waals surface area (Å²) >= 11 is 12.2. The number of rotatable bonds is 10. The lowest BCUT2D eigenvalue weighted by Gasteiger charge is -2.10. The van der Waals surface area contributed by atoms with Crippen molar-refractivity contribution in [3.63, 3.8) is 0 Å². The molecule has 6 N–H and O–H groups in total. The van der Waals surface area contributed by atoms with Gasteiger partial charge in [0.1, 0.15) is 23.2 Å². The minimum absolute atomic E-state index is 0. The van der Waals surface area contributed by atoms with Crippen LogP contribution in [-0.2, 0) is 0 Å². The molecule has 29 heavy (non-hydrogen) atoms. The molecule has 0 aromatic heterocycles. The van der Waals surface area contributed by atoms with Crippen LogP contribution in [0.5, 0.6) is 11.5 Å². The van der Waals surface area contributed by atoms with Gasteiger partial charge in [-0.05, 0) is 55.7 Å². The Morgan fingerprint density at radius 2 is 1.10 bits per heavy atom. The molecule has 2 rings (SSSR count). The highest BCUT2D eigenvalue weighted by Gasteiger charge is 2.06. The average molecular weight is 482 g/mol. The van der Waals surface area contributed by atoms with Gasteiger partial charge in [-0.25, -0.2) is 0 Å². The Morgan fingerprint density at radius 1 is 0.724 bits per heavy atom. The third-order valence-electron chi connectivity index (χ3n) is 3.79. The van der Waals surface area contributed by atoms with Gasteiger partial charge in [0.15, 0.2) is 0 Å². The fourth-order valence-corrected chi connectivity index (χ4v) is 2.79. The van der Waals surface area contributed by atoms with Gasteiger partial charge >= 0.3 is 0 Å². The molecule has 0 heterocycles. The van der Waals surface area contributed by atoms with Crippen molar-refractivity contribution in [3.05, 3.63) is 57.6 Å². The zero-order valence-electron chi connectivity index (χ0n) is 15.5. The largest absolute Gasteiger partial charge is 0.492 e. The summed E-state index contributed by atoms with van der Waals surface area (Å²) in [5.74, 6) is 1.10. The van der Waals surface area contributed by atoms with Gasteiger partial charge in [-0.2, -0.15) is 0 Å². The van der Waals surface area contributed by atoms with Gasteiger partial charge in [0.25, 0.3) is 0 Å². The summed E-state index contributed by atoms with van der Waals surface area (Å²) in [6, 6.07) is 10.1. The van der Waals surface area contributed by atoms with Crippen molar-refractivity contribution < 1.29 is 9.47 Å². The Bertz CT molecular complexity index is 766.